The Kier molecular flexibility index (Phi) is 3.59. The van der Waals surface area contributed by atoms with Crippen LogP contribution < -0.4 is 0 Å². The van der Waals surface area contributed by atoms with E-state index < -0.39 is 5.72 Å². The minimum atomic E-state index is -0.698. The number of nitrogens with zero attached hydrogens (tertiary/aromatic N) is 3. The summed E-state index contributed by atoms with van der Waals surface area (Å²) in [5.41, 5.74) is 1.68. The van der Waals surface area contributed by atoms with Crippen molar-refractivity contribution in [2.24, 2.45) is 0 Å². The summed E-state index contributed by atoms with van der Waals surface area (Å²) in [6.45, 7) is 2.93. The molecule has 0 N–H and O–H groups in total. The van der Waals surface area contributed by atoms with E-state index in [9.17, 15) is 9.59 Å². The molecule has 4 heterocycles. The first-order valence-corrected chi connectivity index (χ1v) is 9.35. The van der Waals surface area contributed by atoms with Gasteiger partial charge in [-0.2, -0.15) is 0 Å². The molecule has 1 aromatic carbocycles. The Morgan fingerprint density at radius 2 is 2.04 bits per heavy atom. The molecule has 2 amide bonds. The molecule has 3 saturated heterocycles. The lowest BCUT2D eigenvalue weighted by Crippen LogP contribution is -2.49. The van der Waals surface area contributed by atoms with Crippen molar-refractivity contribution < 1.29 is 14.3 Å². The summed E-state index contributed by atoms with van der Waals surface area (Å²) in [6, 6.07) is 13.3. The Balaban J connectivity index is 1.48. The van der Waals surface area contributed by atoms with Crippen molar-refractivity contribution in [2.75, 3.05) is 13.2 Å². The van der Waals surface area contributed by atoms with Gasteiger partial charge in [-0.05, 0) is 24.1 Å². The number of hydrogen-bond donors (Lipinski definition) is 0. The SMILES string of the molecule is Cc1cccnc1C(=O)N1CC[C@@]23OC[C@@H](c4ccccc4)N2C(=O)C[C@@H]13. The molecular weight excluding hydrogens is 342 g/mol. The number of carbonyl (C=O) groups is 2. The maximum absolute atomic E-state index is 13.1. The van der Waals surface area contributed by atoms with E-state index in [4.69, 9.17) is 4.74 Å². The molecule has 6 heteroatoms. The van der Waals surface area contributed by atoms with Crippen LogP contribution in [-0.4, -0.2) is 51.5 Å². The summed E-state index contributed by atoms with van der Waals surface area (Å²) in [6.07, 6.45) is 2.58. The second-order valence-corrected chi connectivity index (χ2v) is 7.48. The maximum atomic E-state index is 13.1. The maximum Gasteiger partial charge on any atom is 0.273 e. The van der Waals surface area contributed by atoms with Gasteiger partial charge in [-0.25, -0.2) is 0 Å². The van der Waals surface area contributed by atoms with Gasteiger partial charge in [0, 0.05) is 19.2 Å². The van der Waals surface area contributed by atoms with Crippen molar-refractivity contribution in [3.8, 4) is 0 Å². The molecule has 0 bridgehead atoms. The van der Waals surface area contributed by atoms with Crippen LogP contribution in [-0.2, 0) is 9.53 Å². The van der Waals surface area contributed by atoms with Gasteiger partial charge in [0.1, 0.15) is 5.69 Å². The molecule has 138 valence electrons. The number of pyridine rings is 1. The van der Waals surface area contributed by atoms with Crippen LogP contribution in [0, 0.1) is 6.92 Å². The normalized spacial score (nSPS) is 29.1. The van der Waals surface area contributed by atoms with Crippen LogP contribution in [0.5, 0.6) is 0 Å². The van der Waals surface area contributed by atoms with E-state index in [1.807, 2.05) is 54.3 Å². The van der Waals surface area contributed by atoms with E-state index in [0.29, 0.717) is 31.7 Å². The number of ether oxygens (including phenoxy) is 1. The zero-order valence-corrected chi connectivity index (χ0v) is 15.2. The quantitative estimate of drug-likeness (QED) is 0.821. The van der Waals surface area contributed by atoms with Gasteiger partial charge in [-0.3, -0.25) is 14.6 Å². The molecule has 3 aliphatic heterocycles. The monoisotopic (exact) mass is 363 g/mol. The van der Waals surface area contributed by atoms with Gasteiger partial charge in [0.05, 0.1) is 25.1 Å². The minimum Gasteiger partial charge on any atom is -0.351 e. The second kappa shape index (κ2) is 5.89. The molecule has 0 radical (unpaired) electrons. The van der Waals surface area contributed by atoms with E-state index in [1.54, 1.807) is 11.1 Å². The van der Waals surface area contributed by atoms with Crippen molar-refractivity contribution >= 4 is 11.8 Å². The fraction of sp³-hybridized carbons (Fsp3) is 0.381. The average molecular weight is 363 g/mol. The highest BCUT2D eigenvalue weighted by Crippen LogP contribution is 2.51. The molecule has 1 aromatic heterocycles. The van der Waals surface area contributed by atoms with Gasteiger partial charge in [-0.1, -0.05) is 36.4 Å². The first-order chi connectivity index (χ1) is 13.1. The average Bonchev–Trinajstić information content (AvgIpc) is 3.31. The minimum absolute atomic E-state index is 0.0570. The third kappa shape index (κ3) is 2.26. The highest BCUT2D eigenvalue weighted by atomic mass is 16.5. The molecule has 3 atom stereocenters. The lowest BCUT2D eigenvalue weighted by Gasteiger charge is -2.33. The van der Waals surface area contributed by atoms with Crippen molar-refractivity contribution in [1.29, 1.82) is 0 Å². The number of aromatic nitrogens is 1. The van der Waals surface area contributed by atoms with Crippen molar-refractivity contribution in [3.63, 3.8) is 0 Å². The molecule has 27 heavy (non-hydrogen) atoms. The van der Waals surface area contributed by atoms with Crippen molar-refractivity contribution in [2.45, 2.75) is 37.6 Å². The molecule has 0 saturated carbocycles. The molecule has 6 nitrogen and oxygen atoms in total. The van der Waals surface area contributed by atoms with Gasteiger partial charge in [0.25, 0.3) is 5.91 Å². The van der Waals surface area contributed by atoms with E-state index in [1.165, 1.54) is 0 Å². The van der Waals surface area contributed by atoms with Crippen LogP contribution in [0.3, 0.4) is 0 Å². The number of aryl methyl sites for hydroxylation is 1. The Labute approximate surface area is 157 Å². The van der Waals surface area contributed by atoms with Crippen LogP contribution in [0.25, 0.3) is 0 Å². The number of rotatable bonds is 2. The summed E-state index contributed by atoms with van der Waals surface area (Å²) in [5, 5.41) is 0. The molecular formula is C21H21N3O3. The predicted molar refractivity (Wildman–Crippen MR) is 97.7 cm³/mol. The lowest BCUT2D eigenvalue weighted by atomic mass is 10.0. The Hall–Kier alpha value is -2.73. The van der Waals surface area contributed by atoms with Crippen LogP contribution >= 0.6 is 0 Å². The fourth-order valence-electron chi connectivity index (χ4n) is 4.85. The first kappa shape index (κ1) is 16.4. The summed E-state index contributed by atoms with van der Waals surface area (Å²) < 4.78 is 6.26. The van der Waals surface area contributed by atoms with Crippen LogP contribution in [0.15, 0.2) is 48.7 Å². The van der Waals surface area contributed by atoms with Gasteiger partial charge < -0.3 is 14.5 Å². The summed E-state index contributed by atoms with van der Waals surface area (Å²) in [7, 11) is 0. The fourth-order valence-corrected chi connectivity index (χ4v) is 4.85. The van der Waals surface area contributed by atoms with Crippen molar-refractivity contribution in [1.82, 2.24) is 14.8 Å². The first-order valence-electron chi connectivity index (χ1n) is 9.35. The topological polar surface area (TPSA) is 62.7 Å². The molecule has 0 aliphatic carbocycles. The summed E-state index contributed by atoms with van der Waals surface area (Å²) >= 11 is 0. The molecule has 0 unspecified atom stereocenters. The standard InChI is InChI=1S/C21H21N3O3/c1-14-6-5-10-22-19(14)20(26)23-11-9-21-17(23)12-18(25)24(21)16(13-27-21)15-7-3-2-4-8-15/h2-8,10,16-17H,9,11-13H2,1H3/t16-,17+,21-/m0/s1. The summed E-state index contributed by atoms with van der Waals surface area (Å²) in [4.78, 5) is 34.0. The van der Waals surface area contributed by atoms with Gasteiger partial charge >= 0.3 is 0 Å². The van der Waals surface area contributed by atoms with Crippen LogP contribution in [0.1, 0.15) is 40.5 Å². The number of amides is 2. The Morgan fingerprint density at radius 3 is 2.81 bits per heavy atom. The molecule has 2 aromatic rings. The van der Waals surface area contributed by atoms with Gasteiger partial charge in [0.15, 0.2) is 5.72 Å². The lowest BCUT2D eigenvalue weighted by molar-refractivity contribution is -0.138. The number of hydrogen-bond acceptors (Lipinski definition) is 4. The number of likely N-dealkylation sites (tertiary alicyclic amines) is 1. The third-order valence-corrected chi connectivity index (χ3v) is 6.11. The summed E-state index contributed by atoms with van der Waals surface area (Å²) in [5.74, 6) is -0.0574. The predicted octanol–water partition coefficient (Wildman–Crippen LogP) is 2.30. The van der Waals surface area contributed by atoms with Crippen molar-refractivity contribution in [3.05, 3.63) is 65.5 Å². The van der Waals surface area contributed by atoms with Crippen LogP contribution in [0.4, 0.5) is 0 Å². The molecule has 3 aliphatic rings. The van der Waals surface area contributed by atoms with Gasteiger partial charge in [-0.15, -0.1) is 0 Å². The second-order valence-electron chi connectivity index (χ2n) is 7.48. The van der Waals surface area contributed by atoms with Gasteiger partial charge in [0.2, 0.25) is 5.91 Å². The number of carbonyl (C=O) groups excluding carboxylic acids is 2. The largest absolute Gasteiger partial charge is 0.351 e. The molecule has 1 spiro atoms. The third-order valence-electron chi connectivity index (χ3n) is 6.11. The molecule has 3 fully saturated rings. The van der Waals surface area contributed by atoms with Crippen LogP contribution in [0.2, 0.25) is 0 Å². The zero-order valence-electron chi connectivity index (χ0n) is 15.2. The highest BCUT2D eigenvalue weighted by Gasteiger charge is 2.65. The smallest absolute Gasteiger partial charge is 0.273 e. The Bertz CT molecular complexity index is 916. The zero-order chi connectivity index (χ0) is 18.6. The van der Waals surface area contributed by atoms with E-state index in [0.717, 1.165) is 11.1 Å². The molecule has 5 rings (SSSR count). The highest BCUT2D eigenvalue weighted by molar-refractivity contribution is 5.95. The van der Waals surface area contributed by atoms with E-state index in [2.05, 4.69) is 4.98 Å². The Morgan fingerprint density at radius 1 is 1.22 bits per heavy atom. The van der Waals surface area contributed by atoms with E-state index in [-0.39, 0.29) is 23.9 Å². The van der Waals surface area contributed by atoms with E-state index >= 15 is 0 Å². The number of benzene rings is 1.